The van der Waals surface area contributed by atoms with Gasteiger partial charge in [0.25, 0.3) is 0 Å². The summed E-state index contributed by atoms with van der Waals surface area (Å²) < 4.78 is 31.5. The van der Waals surface area contributed by atoms with Crippen molar-refractivity contribution < 1.29 is 23.2 Å². The third-order valence-electron chi connectivity index (χ3n) is 2.35. The van der Waals surface area contributed by atoms with Crippen LogP contribution >= 0.6 is 0 Å². The van der Waals surface area contributed by atoms with Crippen LogP contribution in [0, 0.1) is 33.6 Å². The fourth-order valence-corrected chi connectivity index (χ4v) is 1.55. The number of carbonyl (C=O) groups excluding carboxylic acids is 1. The number of carbonyl (C=O) groups is 1. The molecule has 0 saturated heterocycles. The molecule has 1 aromatic rings. The minimum Gasteiger partial charge on any atom is -0.444 e. The first-order chi connectivity index (χ1) is 10.6. The van der Waals surface area contributed by atoms with Crippen molar-refractivity contribution in [3.8, 4) is 11.8 Å². The van der Waals surface area contributed by atoms with Gasteiger partial charge in [-0.25, -0.2) is 9.18 Å². The summed E-state index contributed by atoms with van der Waals surface area (Å²) in [6.45, 7) is 5.27. The Bertz CT molecular complexity index is 673. The molecule has 124 valence electrons. The van der Waals surface area contributed by atoms with Crippen LogP contribution in [0.4, 0.5) is 19.3 Å². The number of rotatable bonds is 3. The topological polar surface area (TPSA) is 81.5 Å². The molecule has 1 rings (SSSR count). The number of ether oxygens (including phenoxy) is 1. The highest BCUT2D eigenvalue weighted by Crippen LogP contribution is 2.23. The van der Waals surface area contributed by atoms with Gasteiger partial charge in [-0.15, -0.1) is 0 Å². The monoisotopic (exact) mass is 326 g/mol. The van der Waals surface area contributed by atoms with Crippen LogP contribution in [-0.2, 0) is 4.74 Å². The zero-order valence-electron chi connectivity index (χ0n) is 12.9. The second-order valence-electron chi connectivity index (χ2n) is 5.52. The predicted octanol–water partition coefficient (Wildman–Crippen LogP) is 3.14. The Morgan fingerprint density at radius 2 is 2.04 bits per heavy atom. The molecular weight excluding hydrogens is 310 g/mol. The van der Waals surface area contributed by atoms with Crippen LogP contribution in [0.15, 0.2) is 12.1 Å². The molecule has 0 atom stereocenters. The number of nitro groups is 1. The normalized spacial score (nSPS) is 10.5. The van der Waals surface area contributed by atoms with Crippen LogP contribution in [0.1, 0.15) is 32.8 Å². The number of hydrogen-bond acceptors (Lipinski definition) is 4. The molecular formula is C15H16F2N2O4. The minimum absolute atomic E-state index is 0.132. The van der Waals surface area contributed by atoms with Crippen molar-refractivity contribution in [2.45, 2.75) is 32.8 Å². The van der Waals surface area contributed by atoms with Gasteiger partial charge in [0.2, 0.25) is 5.82 Å². The summed E-state index contributed by atoms with van der Waals surface area (Å²) in [4.78, 5) is 21.2. The maximum atomic E-state index is 13.4. The fourth-order valence-electron chi connectivity index (χ4n) is 1.55. The number of benzene rings is 1. The molecule has 0 aromatic heterocycles. The highest BCUT2D eigenvalue weighted by atomic mass is 19.1. The first kappa shape index (κ1) is 18.4. The summed E-state index contributed by atoms with van der Waals surface area (Å²) in [6.07, 6.45) is -0.490. The van der Waals surface area contributed by atoms with E-state index >= 15 is 0 Å². The standard InChI is InChI=1S/C15H16F2N2O4/c1-15(2,3)23-14(20)18-7-5-4-6-10-8-11(16)9-12(17)13(10)19(21)22/h8-9H,5,7H2,1-3H3,(H,18,20). The molecule has 0 spiro atoms. The summed E-state index contributed by atoms with van der Waals surface area (Å²) in [6, 6.07) is 1.21. The minimum atomic E-state index is -1.29. The molecule has 0 bridgehead atoms. The van der Waals surface area contributed by atoms with Gasteiger partial charge < -0.3 is 10.1 Å². The zero-order valence-corrected chi connectivity index (χ0v) is 12.9. The Morgan fingerprint density at radius 1 is 1.39 bits per heavy atom. The number of nitrogens with one attached hydrogen (secondary N) is 1. The third kappa shape index (κ3) is 6.30. The lowest BCUT2D eigenvalue weighted by molar-refractivity contribution is -0.387. The average molecular weight is 326 g/mol. The fraction of sp³-hybridized carbons (Fsp3) is 0.400. The lowest BCUT2D eigenvalue weighted by Crippen LogP contribution is -2.32. The predicted molar refractivity (Wildman–Crippen MR) is 78.7 cm³/mol. The summed E-state index contributed by atoms with van der Waals surface area (Å²) >= 11 is 0. The number of nitro benzene ring substituents is 1. The van der Waals surface area contributed by atoms with E-state index in [1.165, 1.54) is 0 Å². The van der Waals surface area contributed by atoms with E-state index in [1.54, 1.807) is 20.8 Å². The smallest absolute Gasteiger partial charge is 0.407 e. The Balaban J connectivity index is 2.68. The summed E-state index contributed by atoms with van der Waals surface area (Å²) in [5.41, 5.74) is -1.86. The molecule has 1 N–H and O–H groups in total. The number of hydrogen-bond donors (Lipinski definition) is 1. The van der Waals surface area contributed by atoms with Gasteiger partial charge in [-0.05, 0) is 26.8 Å². The Labute approximate surface area is 132 Å². The van der Waals surface area contributed by atoms with E-state index in [9.17, 15) is 23.7 Å². The van der Waals surface area contributed by atoms with Gasteiger partial charge in [-0.3, -0.25) is 10.1 Å². The van der Waals surface area contributed by atoms with E-state index in [4.69, 9.17) is 4.74 Å². The van der Waals surface area contributed by atoms with Crippen LogP contribution in [-0.4, -0.2) is 23.2 Å². The van der Waals surface area contributed by atoms with Crippen molar-refractivity contribution in [2.75, 3.05) is 6.54 Å². The number of halogens is 2. The van der Waals surface area contributed by atoms with E-state index < -0.39 is 33.9 Å². The van der Waals surface area contributed by atoms with Gasteiger partial charge in [0, 0.05) is 19.0 Å². The van der Waals surface area contributed by atoms with Crippen molar-refractivity contribution in [2.24, 2.45) is 0 Å². The van der Waals surface area contributed by atoms with Crippen molar-refractivity contribution in [3.63, 3.8) is 0 Å². The third-order valence-corrected chi connectivity index (χ3v) is 2.35. The molecule has 1 amide bonds. The van der Waals surface area contributed by atoms with Gasteiger partial charge in [0.05, 0.1) is 4.92 Å². The largest absolute Gasteiger partial charge is 0.444 e. The molecule has 0 unspecified atom stereocenters. The lowest BCUT2D eigenvalue weighted by Gasteiger charge is -2.19. The van der Waals surface area contributed by atoms with Gasteiger partial charge in [0.1, 0.15) is 17.0 Å². The molecule has 0 radical (unpaired) electrons. The van der Waals surface area contributed by atoms with Crippen LogP contribution in [0.3, 0.4) is 0 Å². The van der Waals surface area contributed by atoms with E-state index in [0.717, 1.165) is 6.07 Å². The number of alkyl carbamates (subject to hydrolysis) is 1. The van der Waals surface area contributed by atoms with Gasteiger partial charge >= 0.3 is 11.8 Å². The summed E-state index contributed by atoms with van der Waals surface area (Å²) in [5.74, 6) is 2.61. The van der Waals surface area contributed by atoms with E-state index in [1.807, 2.05) is 0 Å². The first-order valence-corrected chi connectivity index (χ1v) is 6.69. The molecule has 8 heteroatoms. The van der Waals surface area contributed by atoms with Gasteiger partial charge in [-0.1, -0.05) is 11.8 Å². The van der Waals surface area contributed by atoms with Crippen molar-refractivity contribution in [1.82, 2.24) is 5.32 Å². The maximum Gasteiger partial charge on any atom is 0.407 e. The molecule has 0 aliphatic heterocycles. The quantitative estimate of drug-likeness (QED) is 0.400. The maximum absolute atomic E-state index is 13.4. The number of nitrogens with zero attached hydrogens (tertiary/aromatic N) is 1. The van der Waals surface area contributed by atoms with Crippen molar-refractivity contribution >= 4 is 11.8 Å². The van der Waals surface area contributed by atoms with Crippen LogP contribution < -0.4 is 5.32 Å². The van der Waals surface area contributed by atoms with Crippen LogP contribution in [0.2, 0.25) is 0 Å². The molecule has 0 fully saturated rings. The summed E-state index contributed by atoms with van der Waals surface area (Å²) in [7, 11) is 0. The molecule has 0 aliphatic carbocycles. The van der Waals surface area contributed by atoms with Crippen LogP contribution in [0.5, 0.6) is 0 Å². The number of amides is 1. The average Bonchev–Trinajstić information content (AvgIpc) is 2.34. The summed E-state index contributed by atoms with van der Waals surface area (Å²) in [5, 5.41) is 13.2. The SMILES string of the molecule is CC(C)(C)OC(=O)NCCC#Cc1cc(F)cc(F)c1[N+](=O)[O-]. The molecule has 6 nitrogen and oxygen atoms in total. The Kier molecular flexibility index (Phi) is 6.02. The molecule has 0 saturated carbocycles. The van der Waals surface area contributed by atoms with Gasteiger partial charge in [-0.2, -0.15) is 4.39 Å². The zero-order chi connectivity index (χ0) is 17.6. The second-order valence-corrected chi connectivity index (χ2v) is 5.52. The molecule has 0 heterocycles. The molecule has 23 heavy (non-hydrogen) atoms. The Hall–Kier alpha value is -2.69. The van der Waals surface area contributed by atoms with E-state index in [2.05, 4.69) is 17.2 Å². The van der Waals surface area contributed by atoms with E-state index in [0.29, 0.717) is 6.07 Å². The van der Waals surface area contributed by atoms with Crippen molar-refractivity contribution in [3.05, 3.63) is 39.4 Å². The molecule has 0 aliphatic rings. The lowest BCUT2D eigenvalue weighted by atomic mass is 10.1. The van der Waals surface area contributed by atoms with Crippen molar-refractivity contribution in [1.29, 1.82) is 0 Å². The van der Waals surface area contributed by atoms with E-state index in [-0.39, 0.29) is 18.5 Å². The molecule has 1 aromatic carbocycles. The first-order valence-electron chi connectivity index (χ1n) is 6.69. The highest BCUT2D eigenvalue weighted by Gasteiger charge is 2.20. The highest BCUT2D eigenvalue weighted by molar-refractivity contribution is 5.67. The van der Waals surface area contributed by atoms with Gasteiger partial charge in [0.15, 0.2) is 0 Å². The second kappa shape index (κ2) is 7.54. The Morgan fingerprint density at radius 3 is 2.61 bits per heavy atom. The van der Waals surface area contributed by atoms with Crippen LogP contribution in [0.25, 0.3) is 0 Å².